The molecule has 2 amide bonds. The number of anilines is 1. The van der Waals surface area contributed by atoms with Crippen LogP contribution in [0, 0.1) is 12.8 Å². The quantitative estimate of drug-likeness (QED) is 0.314. The molecule has 0 atom stereocenters. The number of hydrogen-bond donors (Lipinski definition) is 2. The number of imidazole rings is 1. The summed E-state index contributed by atoms with van der Waals surface area (Å²) in [5.41, 5.74) is 2.45. The van der Waals surface area contributed by atoms with Crippen molar-refractivity contribution in [2.45, 2.75) is 77.5 Å². The lowest BCUT2D eigenvalue weighted by Gasteiger charge is -2.39. The Bertz CT molecular complexity index is 1520. The summed E-state index contributed by atoms with van der Waals surface area (Å²) in [5.74, 6) is 1.29. The van der Waals surface area contributed by atoms with Crippen molar-refractivity contribution in [1.82, 2.24) is 44.5 Å². The lowest BCUT2D eigenvalue weighted by molar-refractivity contribution is 0.0159. The number of rotatable bonds is 10. The summed E-state index contributed by atoms with van der Waals surface area (Å²) in [6.07, 6.45) is 8.05. The summed E-state index contributed by atoms with van der Waals surface area (Å²) in [5, 5.41) is 6.60. The average Bonchev–Trinajstić information content (AvgIpc) is 3.45. The number of aryl methyl sites for hydroxylation is 1. The molecule has 13 heteroatoms. The van der Waals surface area contributed by atoms with E-state index in [2.05, 4.69) is 44.9 Å². The van der Waals surface area contributed by atoms with Gasteiger partial charge in [0.15, 0.2) is 11.5 Å². The van der Waals surface area contributed by atoms with Crippen LogP contribution in [0.25, 0.3) is 11.2 Å². The third-order valence-electron chi connectivity index (χ3n) is 9.51. The topological polar surface area (TPSA) is 134 Å². The van der Waals surface area contributed by atoms with E-state index in [1.54, 1.807) is 12.4 Å². The van der Waals surface area contributed by atoms with Gasteiger partial charge in [0.25, 0.3) is 5.91 Å². The summed E-state index contributed by atoms with van der Waals surface area (Å²) in [7, 11) is 0. The minimum Gasteiger partial charge on any atom is -0.444 e. The van der Waals surface area contributed by atoms with Gasteiger partial charge in [-0.15, -0.1) is 0 Å². The third-order valence-corrected chi connectivity index (χ3v) is 9.51. The van der Waals surface area contributed by atoms with Crippen LogP contribution in [-0.4, -0.2) is 122 Å². The van der Waals surface area contributed by atoms with Crippen molar-refractivity contribution in [1.29, 1.82) is 0 Å². The number of ether oxygens (including phenoxy) is 1. The van der Waals surface area contributed by atoms with Crippen molar-refractivity contribution in [3.63, 3.8) is 0 Å². The number of nitrogens with one attached hydrogen (secondary N) is 2. The molecule has 2 N–H and O–H groups in total. The number of piperazine rings is 1. The van der Waals surface area contributed by atoms with Gasteiger partial charge in [-0.05, 0) is 84.4 Å². The van der Waals surface area contributed by atoms with E-state index in [0.29, 0.717) is 11.6 Å². The third kappa shape index (κ3) is 8.55. The molecule has 254 valence electrons. The largest absolute Gasteiger partial charge is 0.444 e. The normalized spacial score (nSPS) is 21.4. The van der Waals surface area contributed by atoms with Gasteiger partial charge in [0.05, 0.1) is 6.33 Å². The van der Waals surface area contributed by atoms with Gasteiger partial charge in [0, 0.05) is 70.1 Å². The molecule has 3 aliphatic rings. The molecule has 0 bridgehead atoms. The summed E-state index contributed by atoms with van der Waals surface area (Å²) >= 11 is 0. The highest BCUT2D eigenvalue weighted by molar-refractivity contribution is 5.92. The number of carbonyl (C=O) groups is 2. The average molecular weight is 647 g/mol. The molecule has 13 nitrogen and oxygen atoms in total. The Morgan fingerprint density at radius 3 is 2.45 bits per heavy atom. The van der Waals surface area contributed by atoms with Crippen LogP contribution < -0.4 is 10.6 Å². The van der Waals surface area contributed by atoms with Crippen LogP contribution in [0.1, 0.15) is 75.1 Å². The predicted molar refractivity (Wildman–Crippen MR) is 180 cm³/mol. The van der Waals surface area contributed by atoms with Crippen LogP contribution in [-0.2, 0) is 4.74 Å². The number of piperidine rings is 1. The minimum absolute atomic E-state index is 0.109. The molecule has 0 radical (unpaired) electrons. The number of likely N-dealkylation sites (tertiary alicyclic amines) is 1. The van der Waals surface area contributed by atoms with Gasteiger partial charge in [0.2, 0.25) is 0 Å². The monoisotopic (exact) mass is 646 g/mol. The standard InChI is InChI=1S/C34H50N10O3/c1-24-7-5-8-28(39-24)32(45)40-26-19-27(20-26)44-23-38-29-30(36-22-37-31(29)44)35-11-6-12-41-15-17-42(18-16-41)21-25-9-13-43(14-10-25)33(46)47-34(2,3)4/h5,7-8,22-23,25-27H,6,9-21H2,1-4H3,(H,40,45)(H,35,36,37). The molecule has 3 fully saturated rings. The Morgan fingerprint density at radius 2 is 1.72 bits per heavy atom. The molecule has 0 spiro atoms. The first-order chi connectivity index (χ1) is 22.6. The van der Waals surface area contributed by atoms with E-state index in [0.717, 1.165) is 114 Å². The number of hydrogen-bond acceptors (Lipinski definition) is 10. The van der Waals surface area contributed by atoms with Crippen LogP contribution in [0.5, 0.6) is 0 Å². The van der Waals surface area contributed by atoms with E-state index in [1.165, 1.54) is 0 Å². The van der Waals surface area contributed by atoms with Gasteiger partial charge in [-0.25, -0.2) is 24.7 Å². The van der Waals surface area contributed by atoms with Gasteiger partial charge in [-0.2, -0.15) is 0 Å². The van der Waals surface area contributed by atoms with E-state index >= 15 is 0 Å². The fourth-order valence-electron chi connectivity index (χ4n) is 6.80. The van der Waals surface area contributed by atoms with Crippen LogP contribution in [0.3, 0.4) is 0 Å². The molecule has 47 heavy (non-hydrogen) atoms. The van der Waals surface area contributed by atoms with Crippen molar-refractivity contribution in [3.8, 4) is 0 Å². The van der Waals surface area contributed by atoms with Gasteiger partial charge in [0.1, 0.15) is 23.1 Å². The zero-order chi connectivity index (χ0) is 33.0. The first-order valence-electron chi connectivity index (χ1n) is 17.2. The number of fused-ring (bicyclic) bond motifs is 1. The number of aromatic nitrogens is 5. The molecule has 6 rings (SSSR count). The maximum Gasteiger partial charge on any atom is 0.410 e. The van der Waals surface area contributed by atoms with Crippen molar-refractivity contribution >= 4 is 29.0 Å². The fourth-order valence-corrected chi connectivity index (χ4v) is 6.80. The van der Waals surface area contributed by atoms with E-state index in [1.807, 2.05) is 51.1 Å². The number of pyridine rings is 1. The highest BCUT2D eigenvalue weighted by Crippen LogP contribution is 2.35. The van der Waals surface area contributed by atoms with E-state index in [4.69, 9.17) is 4.74 Å². The van der Waals surface area contributed by atoms with Gasteiger partial charge in [-0.3, -0.25) is 4.79 Å². The van der Waals surface area contributed by atoms with Gasteiger partial charge in [-0.1, -0.05) is 6.07 Å². The van der Waals surface area contributed by atoms with E-state index < -0.39 is 5.60 Å². The molecule has 3 aromatic rings. The minimum atomic E-state index is -0.444. The Kier molecular flexibility index (Phi) is 10.2. The highest BCUT2D eigenvalue weighted by atomic mass is 16.6. The van der Waals surface area contributed by atoms with Gasteiger partial charge < -0.3 is 34.6 Å². The maximum atomic E-state index is 12.6. The first-order valence-corrected chi connectivity index (χ1v) is 17.2. The fraction of sp³-hybridized carbons (Fsp3) is 0.647. The summed E-state index contributed by atoms with van der Waals surface area (Å²) in [4.78, 5) is 50.0. The zero-order valence-electron chi connectivity index (χ0n) is 28.3. The van der Waals surface area contributed by atoms with Gasteiger partial charge >= 0.3 is 6.09 Å². The summed E-state index contributed by atoms with van der Waals surface area (Å²) in [6.45, 7) is 16.6. The molecule has 0 unspecified atom stereocenters. The predicted octanol–water partition coefficient (Wildman–Crippen LogP) is 3.73. The van der Waals surface area contributed by atoms with Crippen molar-refractivity contribution in [2.75, 3.05) is 64.2 Å². The highest BCUT2D eigenvalue weighted by Gasteiger charge is 2.33. The molecule has 1 aliphatic carbocycles. The van der Waals surface area contributed by atoms with Crippen LogP contribution in [0.4, 0.5) is 10.6 Å². The lowest BCUT2D eigenvalue weighted by atomic mass is 9.86. The molecular weight excluding hydrogens is 596 g/mol. The number of carbonyl (C=O) groups excluding carboxylic acids is 2. The molecule has 1 saturated carbocycles. The Hall–Kier alpha value is -3.84. The zero-order valence-corrected chi connectivity index (χ0v) is 28.3. The number of amides is 2. The Labute approximate surface area is 277 Å². The maximum absolute atomic E-state index is 12.6. The smallest absolute Gasteiger partial charge is 0.410 e. The van der Waals surface area contributed by atoms with E-state index in [-0.39, 0.29) is 24.1 Å². The van der Waals surface area contributed by atoms with Crippen molar-refractivity contribution in [2.24, 2.45) is 5.92 Å². The molecule has 2 aliphatic heterocycles. The van der Waals surface area contributed by atoms with Crippen LogP contribution >= 0.6 is 0 Å². The van der Waals surface area contributed by atoms with Crippen molar-refractivity contribution in [3.05, 3.63) is 42.2 Å². The molecular formula is C34H50N10O3. The Balaban J connectivity index is 0.881. The second kappa shape index (κ2) is 14.5. The first kappa shape index (κ1) is 33.1. The second-order valence-corrected chi connectivity index (χ2v) is 14.3. The van der Waals surface area contributed by atoms with Crippen LogP contribution in [0.2, 0.25) is 0 Å². The lowest BCUT2D eigenvalue weighted by Crippen LogP contribution is -2.49. The SMILES string of the molecule is Cc1cccc(C(=O)NC2CC(n3cnc4c(NCCCN5CCN(CC6CCN(C(=O)OC(C)(C)C)CC6)CC5)ncnc43)C2)n1. The van der Waals surface area contributed by atoms with Crippen molar-refractivity contribution < 1.29 is 14.3 Å². The molecule has 5 heterocycles. The van der Waals surface area contributed by atoms with E-state index in [9.17, 15) is 9.59 Å². The summed E-state index contributed by atoms with van der Waals surface area (Å²) in [6, 6.07) is 5.84. The second-order valence-electron chi connectivity index (χ2n) is 14.3. The molecule has 3 aromatic heterocycles. The molecule has 2 saturated heterocycles. The Morgan fingerprint density at radius 1 is 0.979 bits per heavy atom. The molecule has 0 aromatic carbocycles. The van der Waals surface area contributed by atoms with Crippen LogP contribution in [0.15, 0.2) is 30.9 Å². The summed E-state index contributed by atoms with van der Waals surface area (Å²) < 4.78 is 7.66. The number of nitrogens with zero attached hydrogens (tertiary/aromatic N) is 8.